The van der Waals surface area contributed by atoms with E-state index in [9.17, 15) is 9.00 Å². The van der Waals surface area contributed by atoms with Crippen LogP contribution >= 0.6 is 11.6 Å². The van der Waals surface area contributed by atoms with Crippen LogP contribution in [-0.2, 0) is 21.3 Å². The highest BCUT2D eigenvalue weighted by atomic mass is 35.5. The van der Waals surface area contributed by atoms with Gasteiger partial charge in [0, 0.05) is 6.54 Å². The molecule has 3 rings (SSSR count). The van der Waals surface area contributed by atoms with Gasteiger partial charge in [-0.05, 0) is 24.1 Å². The van der Waals surface area contributed by atoms with E-state index in [1.54, 1.807) is 16.4 Å². The minimum atomic E-state index is -2.86. The molecule has 1 amide bonds. The predicted octanol–water partition coefficient (Wildman–Crippen LogP) is 3.66. The monoisotopic (exact) mass is 365 g/mol. The summed E-state index contributed by atoms with van der Waals surface area (Å²) in [7, 11) is -2.86. The number of halogens is 1. The Hall–Kier alpha value is -2.12. The Kier molecular flexibility index (Phi) is 5.01. The number of amides is 1. The molecule has 2 heterocycles. The van der Waals surface area contributed by atoms with Crippen molar-refractivity contribution in [2.24, 2.45) is 4.36 Å². The van der Waals surface area contributed by atoms with E-state index in [-0.39, 0.29) is 6.61 Å². The van der Waals surface area contributed by atoms with Crippen molar-refractivity contribution in [2.75, 3.05) is 16.6 Å². The number of hydrogen-bond acceptors (Lipinski definition) is 4. The second-order valence-electron chi connectivity index (χ2n) is 5.24. The molecule has 1 aliphatic heterocycles. The number of aromatic nitrogens is 1. The van der Waals surface area contributed by atoms with Crippen LogP contribution in [0, 0.1) is 0 Å². The first kappa shape index (κ1) is 16.7. The van der Waals surface area contributed by atoms with Gasteiger partial charge in [-0.2, -0.15) is 0 Å². The zero-order chi connectivity index (χ0) is 17.0. The van der Waals surface area contributed by atoms with Crippen LogP contribution in [0.15, 0.2) is 53.0 Å². The fourth-order valence-corrected chi connectivity index (χ4v) is 4.58. The van der Waals surface area contributed by atoms with E-state index in [0.717, 1.165) is 5.56 Å². The molecule has 6 nitrogen and oxygen atoms in total. The van der Waals surface area contributed by atoms with Gasteiger partial charge in [0.15, 0.2) is 0 Å². The summed E-state index contributed by atoms with van der Waals surface area (Å²) in [6.07, 6.45) is 1.38. The molecular formula is C16H16ClN3O3S. The molecule has 1 aliphatic rings. The smallest absolute Gasteiger partial charge is 0.443 e. The van der Waals surface area contributed by atoms with Crippen molar-refractivity contribution in [3.63, 3.8) is 0 Å². The Morgan fingerprint density at radius 2 is 2.08 bits per heavy atom. The number of benzene rings is 1. The van der Waals surface area contributed by atoms with Crippen molar-refractivity contribution < 1.29 is 13.7 Å². The van der Waals surface area contributed by atoms with Crippen molar-refractivity contribution >= 4 is 33.3 Å². The molecule has 0 saturated carbocycles. The average molecular weight is 366 g/mol. The van der Waals surface area contributed by atoms with Gasteiger partial charge < -0.3 is 4.74 Å². The molecule has 8 heteroatoms. The maximum Gasteiger partial charge on any atom is 0.443 e. The molecule has 24 heavy (non-hydrogen) atoms. The Morgan fingerprint density at radius 1 is 1.29 bits per heavy atom. The van der Waals surface area contributed by atoms with Gasteiger partial charge in [0.1, 0.15) is 21.7 Å². The van der Waals surface area contributed by atoms with Crippen LogP contribution in [-0.4, -0.2) is 27.6 Å². The summed E-state index contributed by atoms with van der Waals surface area (Å²) >= 11 is 5.77. The summed E-state index contributed by atoms with van der Waals surface area (Å²) in [6, 6.07) is 12.6. The van der Waals surface area contributed by atoms with Gasteiger partial charge in [-0.25, -0.2) is 14.0 Å². The largest absolute Gasteiger partial charge is 0.443 e. The Bertz CT molecular complexity index is 833. The molecule has 0 aliphatic carbocycles. The zero-order valence-corrected chi connectivity index (χ0v) is 14.4. The lowest BCUT2D eigenvalue weighted by molar-refractivity contribution is 0.151. The molecular weight excluding hydrogens is 350 g/mol. The van der Waals surface area contributed by atoms with Crippen LogP contribution in [0.3, 0.4) is 0 Å². The van der Waals surface area contributed by atoms with E-state index >= 15 is 0 Å². The normalized spacial score (nSPS) is 20.0. The van der Waals surface area contributed by atoms with E-state index in [1.165, 1.54) is 6.20 Å². The van der Waals surface area contributed by atoms with Crippen molar-refractivity contribution in [3.8, 4) is 0 Å². The summed E-state index contributed by atoms with van der Waals surface area (Å²) in [5, 5.41) is 0.351. The minimum Gasteiger partial charge on any atom is -0.443 e. The summed E-state index contributed by atoms with van der Waals surface area (Å²) in [5.74, 6) is 0.316. The Morgan fingerprint density at radius 3 is 2.79 bits per heavy atom. The van der Waals surface area contributed by atoms with Gasteiger partial charge >= 0.3 is 6.09 Å². The summed E-state index contributed by atoms with van der Waals surface area (Å²) in [4.78, 5) is 16.0. The Labute approximate surface area is 145 Å². The third-order valence-electron chi connectivity index (χ3n) is 3.54. The number of rotatable bonds is 3. The molecule has 2 aromatic rings. The molecule has 1 aromatic heterocycles. The van der Waals surface area contributed by atoms with Gasteiger partial charge in [0.25, 0.3) is 0 Å². The fraction of sp³-hybridized carbons (Fsp3) is 0.250. The van der Waals surface area contributed by atoms with E-state index in [0.29, 0.717) is 29.6 Å². The lowest BCUT2D eigenvalue weighted by atomic mass is 10.2. The molecule has 1 aromatic carbocycles. The van der Waals surface area contributed by atoms with Gasteiger partial charge in [-0.3, -0.25) is 4.31 Å². The van der Waals surface area contributed by atoms with Crippen LogP contribution in [0.25, 0.3) is 0 Å². The number of nitrogens with zero attached hydrogens (tertiary/aromatic N) is 3. The summed E-state index contributed by atoms with van der Waals surface area (Å²) in [5.41, 5.74) is 1.47. The van der Waals surface area contributed by atoms with E-state index in [1.807, 2.05) is 30.3 Å². The van der Waals surface area contributed by atoms with Crippen LogP contribution < -0.4 is 4.31 Å². The van der Waals surface area contributed by atoms with Gasteiger partial charge in [-0.15, -0.1) is 4.36 Å². The lowest BCUT2D eigenvalue weighted by Crippen LogP contribution is -2.26. The second kappa shape index (κ2) is 7.19. The van der Waals surface area contributed by atoms with Gasteiger partial charge in [-0.1, -0.05) is 41.9 Å². The van der Waals surface area contributed by atoms with E-state index < -0.39 is 16.0 Å². The fourth-order valence-electron chi connectivity index (χ4n) is 2.42. The minimum absolute atomic E-state index is 0.0984. The molecule has 126 valence electrons. The molecule has 1 atom stereocenters. The highest BCUT2D eigenvalue weighted by Gasteiger charge is 2.28. The molecule has 1 fully saturated rings. The van der Waals surface area contributed by atoms with Crippen molar-refractivity contribution in [1.29, 1.82) is 0 Å². The first-order valence-electron chi connectivity index (χ1n) is 7.42. The number of carbonyl (C=O) groups is 1. The number of hydrogen-bond donors (Lipinski definition) is 0. The van der Waals surface area contributed by atoms with Crippen molar-refractivity contribution in [2.45, 2.75) is 13.0 Å². The lowest BCUT2D eigenvalue weighted by Gasteiger charge is -2.19. The molecule has 0 N–H and O–H groups in total. The zero-order valence-electron chi connectivity index (χ0n) is 12.8. The maximum absolute atomic E-state index is 13.0. The standard InChI is InChI=1S/C16H16ClN3O3S/c17-15-8-7-14(11-18-15)20-9-4-10-24(20,22)19-16(21)23-12-13-5-2-1-3-6-13/h1-3,5-8,11H,4,9-10,12H2. The van der Waals surface area contributed by atoms with Crippen LogP contribution in [0.5, 0.6) is 0 Å². The maximum atomic E-state index is 13.0. The highest BCUT2D eigenvalue weighted by Crippen LogP contribution is 2.26. The topological polar surface area (TPSA) is 71.9 Å². The molecule has 0 radical (unpaired) electrons. The first-order valence-corrected chi connectivity index (χ1v) is 9.43. The van der Waals surface area contributed by atoms with Gasteiger partial charge in [0.2, 0.25) is 0 Å². The molecule has 1 saturated heterocycles. The quantitative estimate of drug-likeness (QED) is 0.778. The highest BCUT2D eigenvalue weighted by molar-refractivity contribution is 7.95. The van der Waals surface area contributed by atoms with Crippen LogP contribution in [0.1, 0.15) is 12.0 Å². The van der Waals surface area contributed by atoms with Crippen molar-refractivity contribution in [3.05, 3.63) is 59.4 Å². The number of pyridine rings is 1. The first-order chi connectivity index (χ1) is 11.6. The molecule has 0 bridgehead atoms. The van der Waals surface area contributed by atoms with E-state index in [2.05, 4.69) is 9.35 Å². The number of carbonyl (C=O) groups excluding carboxylic acids is 1. The third-order valence-corrected chi connectivity index (χ3v) is 6.10. The Balaban J connectivity index is 1.75. The number of ether oxygens (including phenoxy) is 1. The summed E-state index contributed by atoms with van der Waals surface area (Å²) < 4.78 is 23.6. The number of anilines is 1. The molecule has 0 spiro atoms. The van der Waals surface area contributed by atoms with Crippen LogP contribution in [0.2, 0.25) is 5.15 Å². The molecule has 1 unspecified atom stereocenters. The summed E-state index contributed by atoms with van der Waals surface area (Å²) in [6.45, 7) is 0.638. The van der Waals surface area contributed by atoms with Crippen molar-refractivity contribution in [1.82, 2.24) is 4.98 Å². The third kappa shape index (κ3) is 3.85. The van der Waals surface area contributed by atoms with Gasteiger partial charge in [0.05, 0.1) is 17.6 Å². The predicted molar refractivity (Wildman–Crippen MR) is 93.3 cm³/mol. The SMILES string of the molecule is O=C(N=S1(=O)CCCN1c1ccc(Cl)nc1)OCc1ccccc1. The second-order valence-corrected chi connectivity index (χ2v) is 7.87. The van der Waals surface area contributed by atoms with E-state index in [4.69, 9.17) is 16.3 Å². The average Bonchev–Trinajstić information content (AvgIpc) is 2.96. The van der Waals surface area contributed by atoms with Crippen LogP contribution in [0.4, 0.5) is 10.5 Å².